The molecule has 1 heterocycles. The lowest BCUT2D eigenvalue weighted by molar-refractivity contribution is 0.414. The van der Waals surface area contributed by atoms with E-state index >= 15 is 0 Å². The molecule has 0 radical (unpaired) electrons. The van der Waals surface area contributed by atoms with Gasteiger partial charge >= 0.3 is 0 Å². The first kappa shape index (κ1) is 14.3. The predicted molar refractivity (Wildman–Crippen MR) is 86.2 cm³/mol. The summed E-state index contributed by atoms with van der Waals surface area (Å²) in [6.07, 6.45) is 6.92. The Labute approximate surface area is 120 Å². The summed E-state index contributed by atoms with van der Waals surface area (Å²) in [4.78, 5) is 4.50. The van der Waals surface area contributed by atoms with Gasteiger partial charge in [-0.25, -0.2) is 0 Å². The van der Waals surface area contributed by atoms with Crippen LogP contribution >= 0.6 is 0 Å². The van der Waals surface area contributed by atoms with Gasteiger partial charge < -0.3 is 4.74 Å². The molecule has 1 aromatic heterocycles. The molecule has 0 saturated carbocycles. The molecule has 0 aliphatic heterocycles. The van der Waals surface area contributed by atoms with Gasteiger partial charge in [-0.2, -0.15) is 0 Å². The molecule has 0 aliphatic rings. The van der Waals surface area contributed by atoms with Gasteiger partial charge in [-0.05, 0) is 43.0 Å². The van der Waals surface area contributed by atoms with Crippen molar-refractivity contribution in [3.05, 3.63) is 53.8 Å². The third-order valence-corrected chi connectivity index (χ3v) is 3.67. The van der Waals surface area contributed by atoms with Gasteiger partial charge in [0.15, 0.2) is 0 Å². The molecular weight excluding hydrogens is 246 g/mol. The summed E-state index contributed by atoms with van der Waals surface area (Å²) in [7, 11) is 1.69. The van der Waals surface area contributed by atoms with Crippen LogP contribution in [0.3, 0.4) is 0 Å². The minimum absolute atomic E-state index is 0.841. The zero-order valence-corrected chi connectivity index (χ0v) is 12.7. The van der Waals surface area contributed by atoms with E-state index in [4.69, 9.17) is 4.74 Å². The molecule has 0 aliphatic carbocycles. The van der Waals surface area contributed by atoms with Crippen LogP contribution in [-0.4, -0.2) is 12.1 Å². The van der Waals surface area contributed by atoms with Crippen LogP contribution in [0.4, 0.5) is 0 Å². The lowest BCUT2D eigenvalue weighted by Gasteiger charge is -2.13. The van der Waals surface area contributed by atoms with Crippen molar-refractivity contribution in [2.75, 3.05) is 7.11 Å². The van der Waals surface area contributed by atoms with Crippen LogP contribution in [-0.2, 0) is 0 Å². The van der Waals surface area contributed by atoms with Crippen molar-refractivity contribution in [1.29, 1.82) is 0 Å². The third kappa shape index (κ3) is 2.46. The molecule has 104 valence electrons. The van der Waals surface area contributed by atoms with E-state index in [0.717, 1.165) is 28.8 Å². The molecule has 0 N–H and O–H groups in total. The molecule has 0 bridgehead atoms. The Morgan fingerprint density at radius 2 is 2.10 bits per heavy atom. The average molecular weight is 267 g/mol. The summed E-state index contributed by atoms with van der Waals surface area (Å²) in [6, 6.07) is 4.16. The first-order chi connectivity index (χ1) is 9.62. The molecule has 0 amide bonds. The zero-order valence-electron chi connectivity index (χ0n) is 12.7. The maximum atomic E-state index is 5.52. The Kier molecular flexibility index (Phi) is 4.23. The maximum absolute atomic E-state index is 5.52. The predicted octanol–water partition coefficient (Wildman–Crippen LogP) is 4.84. The van der Waals surface area contributed by atoms with Crippen molar-refractivity contribution in [2.24, 2.45) is 0 Å². The van der Waals surface area contributed by atoms with Gasteiger partial charge in [-0.1, -0.05) is 25.7 Å². The minimum atomic E-state index is 0.841. The van der Waals surface area contributed by atoms with Crippen LogP contribution in [0.2, 0.25) is 0 Å². The Balaban J connectivity index is 2.79. The Morgan fingerprint density at radius 1 is 1.35 bits per heavy atom. The van der Waals surface area contributed by atoms with E-state index in [9.17, 15) is 0 Å². The summed E-state index contributed by atoms with van der Waals surface area (Å²) >= 11 is 0. The highest BCUT2D eigenvalue weighted by atomic mass is 16.5. The highest BCUT2D eigenvalue weighted by Gasteiger charge is 2.11. The van der Waals surface area contributed by atoms with Crippen LogP contribution in [0.15, 0.2) is 37.1 Å². The van der Waals surface area contributed by atoms with E-state index in [0.29, 0.717) is 0 Å². The van der Waals surface area contributed by atoms with Gasteiger partial charge in [0.25, 0.3) is 0 Å². The molecule has 2 aromatic rings. The molecule has 0 atom stereocenters. The monoisotopic (exact) mass is 267 g/mol. The maximum Gasteiger partial charge on any atom is 0.128 e. The molecule has 0 saturated heterocycles. The molecule has 1 aromatic carbocycles. The number of fused-ring (bicyclic) bond motifs is 1. The quantitative estimate of drug-likeness (QED) is 0.739. The van der Waals surface area contributed by atoms with Crippen LogP contribution in [0.25, 0.3) is 16.5 Å². The molecule has 2 rings (SSSR count). The fourth-order valence-corrected chi connectivity index (χ4v) is 2.37. The first-order valence-corrected chi connectivity index (χ1v) is 6.89. The number of benzene rings is 1. The Bertz CT molecular complexity index is 683. The normalized spacial score (nSPS) is 11.7. The highest BCUT2D eigenvalue weighted by molar-refractivity contribution is 5.91. The van der Waals surface area contributed by atoms with Gasteiger partial charge in [0, 0.05) is 23.2 Å². The third-order valence-electron chi connectivity index (χ3n) is 3.67. The number of nitrogens with zero attached hydrogens (tertiary/aromatic N) is 1. The van der Waals surface area contributed by atoms with Crippen molar-refractivity contribution >= 4 is 16.5 Å². The summed E-state index contributed by atoms with van der Waals surface area (Å²) in [6.45, 7) is 10.2. The van der Waals surface area contributed by atoms with Gasteiger partial charge in [0.1, 0.15) is 5.75 Å². The number of pyridine rings is 1. The van der Waals surface area contributed by atoms with Crippen molar-refractivity contribution in [1.82, 2.24) is 4.98 Å². The van der Waals surface area contributed by atoms with E-state index in [1.165, 1.54) is 16.5 Å². The van der Waals surface area contributed by atoms with Crippen molar-refractivity contribution < 1.29 is 4.74 Å². The van der Waals surface area contributed by atoms with Crippen LogP contribution < -0.4 is 4.74 Å². The van der Waals surface area contributed by atoms with Crippen LogP contribution in [0, 0.1) is 13.8 Å². The molecule has 2 heteroatoms. The number of hydrogen-bond acceptors (Lipinski definition) is 2. The largest absolute Gasteiger partial charge is 0.496 e. The summed E-state index contributed by atoms with van der Waals surface area (Å²) in [5.74, 6) is 0.841. The number of hydrogen-bond donors (Lipinski definition) is 0. The van der Waals surface area contributed by atoms with E-state index in [-0.39, 0.29) is 0 Å². The van der Waals surface area contributed by atoms with Crippen molar-refractivity contribution in [3.63, 3.8) is 0 Å². The molecule has 0 spiro atoms. The topological polar surface area (TPSA) is 22.1 Å². The lowest BCUT2D eigenvalue weighted by atomic mass is 9.98. The lowest BCUT2D eigenvalue weighted by Crippen LogP contribution is -1.95. The van der Waals surface area contributed by atoms with E-state index < -0.39 is 0 Å². The molecule has 0 fully saturated rings. The van der Waals surface area contributed by atoms with E-state index in [1.54, 1.807) is 7.11 Å². The standard InChI is InChI=1S/C18H21NO/c1-6-8-14(7-2)16-9-15-13(4)12(3)11-19-17(15)10-18(16)20-5/h7-11H,2,6H2,1,3-5H3/b14-8+. The minimum Gasteiger partial charge on any atom is -0.496 e. The smallest absolute Gasteiger partial charge is 0.128 e. The number of ether oxygens (including phenoxy) is 1. The van der Waals surface area contributed by atoms with Gasteiger partial charge in [-0.3, -0.25) is 4.98 Å². The number of aromatic nitrogens is 1. The van der Waals surface area contributed by atoms with Gasteiger partial charge in [-0.15, -0.1) is 0 Å². The summed E-state index contributed by atoms with van der Waals surface area (Å²) < 4.78 is 5.52. The Hall–Kier alpha value is -2.09. The number of methoxy groups -OCH3 is 1. The highest BCUT2D eigenvalue weighted by Crippen LogP contribution is 2.33. The van der Waals surface area contributed by atoms with Crippen LogP contribution in [0.1, 0.15) is 30.0 Å². The van der Waals surface area contributed by atoms with Gasteiger partial charge in [0.05, 0.1) is 12.6 Å². The fraction of sp³-hybridized carbons (Fsp3) is 0.278. The van der Waals surface area contributed by atoms with E-state index in [2.05, 4.69) is 44.5 Å². The first-order valence-electron chi connectivity index (χ1n) is 6.89. The Morgan fingerprint density at radius 3 is 2.70 bits per heavy atom. The molecule has 0 unspecified atom stereocenters. The summed E-state index contributed by atoms with van der Waals surface area (Å²) in [5.41, 5.74) is 5.61. The number of allylic oxidation sites excluding steroid dienone is 3. The van der Waals surface area contributed by atoms with E-state index in [1.807, 2.05) is 18.3 Å². The zero-order chi connectivity index (χ0) is 14.7. The van der Waals surface area contributed by atoms with Gasteiger partial charge in [0.2, 0.25) is 0 Å². The average Bonchev–Trinajstić information content (AvgIpc) is 2.47. The van der Waals surface area contributed by atoms with Crippen molar-refractivity contribution in [3.8, 4) is 5.75 Å². The molecule has 2 nitrogen and oxygen atoms in total. The number of rotatable bonds is 4. The molecular formula is C18H21NO. The second-order valence-electron chi connectivity index (χ2n) is 4.91. The summed E-state index contributed by atoms with van der Waals surface area (Å²) in [5, 5.41) is 1.17. The second kappa shape index (κ2) is 5.91. The molecule has 20 heavy (non-hydrogen) atoms. The second-order valence-corrected chi connectivity index (χ2v) is 4.91. The van der Waals surface area contributed by atoms with Crippen LogP contribution in [0.5, 0.6) is 5.75 Å². The van der Waals surface area contributed by atoms with Crippen molar-refractivity contribution in [2.45, 2.75) is 27.2 Å². The SMILES string of the molecule is C=C/C(=C\CC)c1cc2c(C)c(C)cnc2cc1OC. The number of aryl methyl sites for hydroxylation is 2. The fourth-order valence-electron chi connectivity index (χ4n) is 2.37.